The highest BCUT2D eigenvalue weighted by molar-refractivity contribution is 5.87. The standard InChI is InChI=1S/C11H22N4O2/c1-3-13-10(16)8-15(4-2)11(17)9-7-12-5-6-14-9/h9,12,14H,3-8H2,1-2H3,(H,13,16). The van der Waals surface area contributed by atoms with E-state index in [9.17, 15) is 9.59 Å². The molecule has 1 saturated heterocycles. The van der Waals surface area contributed by atoms with Crippen LogP contribution in [-0.4, -0.2) is 62.0 Å². The Kier molecular flexibility index (Phi) is 5.93. The van der Waals surface area contributed by atoms with Crippen molar-refractivity contribution in [2.75, 3.05) is 39.3 Å². The highest BCUT2D eigenvalue weighted by Gasteiger charge is 2.25. The van der Waals surface area contributed by atoms with Crippen LogP contribution >= 0.6 is 0 Å². The van der Waals surface area contributed by atoms with Gasteiger partial charge in [0.15, 0.2) is 0 Å². The SMILES string of the molecule is CCNC(=O)CN(CC)C(=O)C1CNCCN1. The molecule has 0 radical (unpaired) electrons. The third-order valence-corrected chi connectivity index (χ3v) is 2.74. The van der Waals surface area contributed by atoms with Crippen molar-refractivity contribution in [3.05, 3.63) is 0 Å². The predicted octanol–water partition coefficient (Wildman–Crippen LogP) is -1.47. The summed E-state index contributed by atoms with van der Waals surface area (Å²) in [7, 11) is 0. The van der Waals surface area contributed by atoms with Gasteiger partial charge in [0.25, 0.3) is 0 Å². The molecule has 0 aromatic rings. The van der Waals surface area contributed by atoms with Gasteiger partial charge in [0.05, 0.1) is 12.6 Å². The summed E-state index contributed by atoms with van der Waals surface area (Å²) in [6.45, 7) is 7.32. The minimum absolute atomic E-state index is 0.00838. The van der Waals surface area contributed by atoms with Crippen LogP contribution in [0.25, 0.3) is 0 Å². The quantitative estimate of drug-likeness (QED) is 0.550. The van der Waals surface area contributed by atoms with Gasteiger partial charge < -0.3 is 20.9 Å². The summed E-state index contributed by atoms with van der Waals surface area (Å²) in [5.41, 5.74) is 0. The summed E-state index contributed by atoms with van der Waals surface area (Å²) in [5.74, 6) is -0.113. The van der Waals surface area contributed by atoms with E-state index < -0.39 is 0 Å². The molecular formula is C11H22N4O2. The Hall–Kier alpha value is -1.14. The molecule has 3 N–H and O–H groups in total. The molecular weight excluding hydrogens is 220 g/mol. The Morgan fingerprint density at radius 3 is 2.65 bits per heavy atom. The van der Waals surface area contributed by atoms with Crippen molar-refractivity contribution in [2.45, 2.75) is 19.9 Å². The van der Waals surface area contributed by atoms with Gasteiger partial charge >= 0.3 is 0 Å². The Labute approximate surface area is 102 Å². The molecule has 1 heterocycles. The molecule has 17 heavy (non-hydrogen) atoms. The molecule has 1 rings (SSSR count). The third-order valence-electron chi connectivity index (χ3n) is 2.74. The molecule has 1 aliphatic rings. The maximum atomic E-state index is 12.1. The molecule has 0 bridgehead atoms. The molecule has 6 heteroatoms. The molecule has 2 amide bonds. The van der Waals surface area contributed by atoms with Crippen LogP contribution in [0.5, 0.6) is 0 Å². The first-order chi connectivity index (χ1) is 8.19. The third kappa shape index (κ3) is 4.32. The van der Waals surface area contributed by atoms with Gasteiger partial charge in [-0.2, -0.15) is 0 Å². The van der Waals surface area contributed by atoms with Crippen LogP contribution in [0.1, 0.15) is 13.8 Å². The van der Waals surface area contributed by atoms with Crippen molar-refractivity contribution in [2.24, 2.45) is 0 Å². The van der Waals surface area contributed by atoms with E-state index in [-0.39, 0.29) is 24.4 Å². The summed E-state index contributed by atoms with van der Waals surface area (Å²) in [6.07, 6.45) is 0. The van der Waals surface area contributed by atoms with E-state index in [4.69, 9.17) is 0 Å². The van der Waals surface area contributed by atoms with Crippen LogP contribution in [0.3, 0.4) is 0 Å². The van der Waals surface area contributed by atoms with Gasteiger partial charge in [0.1, 0.15) is 0 Å². The number of piperazine rings is 1. The van der Waals surface area contributed by atoms with E-state index in [0.717, 1.165) is 13.1 Å². The van der Waals surface area contributed by atoms with Crippen LogP contribution < -0.4 is 16.0 Å². The largest absolute Gasteiger partial charge is 0.355 e. The molecule has 98 valence electrons. The van der Waals surface area contributed by atoms with Crippen molar-refractivity contribution in [1.82, 2.24) is 20.9 Å². The lowest BCUT2D eigenvalue weighted by Crippen LogP contribution is -2.57. The normalized spacial score (nSPS) is 19.8. The van der Waals surface area contributed by atoms with Crippen LogP contribution in [0, 0.1) is 0 Å². The van der Waals surface area contributed by atoms with Crippen molar-refractivity contribution < 1.29 is 9.59 Å². The van der Waals surface area contributed by atoms with E-state index in [2.05, 4.69) is 16.0 Å². The van der Waals surface area contributed by atoms with Gasteiger partial charge in [-0.3, -0.25) is 9.59 Å². The molecule has 1 aliphatic heterocycles. The minimum atomic E-state index is -0.210. The monoisotopic (exact) mass is 242 g/mol. The molecule has 1 atom stereocenters. The summed E-state index contributed by atoms with van der Waals surface area (Å²) in [5, 5.41) is 9.02. The van der Waals surface area contributed by atoms with E-state index >= 15 is 0 Å². The van der Waals surface area contributed by atoms with Gasteiger partial charge in [-0.05, 0) is 13.8 Å². The molecule has 1 unspecified atom stereocenters. The average Bonchev–Trinajstić information content (AvgIpc) is 2.36. The van der Waals surface area contributed by atoms with Crippen LogP contribution in [-0.2, 0) is 9.59 Å². The number of rotatable bonds is 5. The second-order valence-electron chi connectivity index (χ2n) is 4.02. The van der Waals surface area contributed by atoms with Gasteiger partial charge in [0, 0.05) is 32.7 Å². The number of hydrogen-bond donors (Lipinski definition) is 3. The molecule has 0 aliphatic carbocycles. The second kappa shape index (κ2) is 7.24. The summed E-state index contributed by atoms with van der Waals surface area (Å²) in [4.78, 5) is 25.2. The van der Waals surface area contributed by atoms with E-state index in [1.807, 2.05) is 13.8 Å². The Bertz CT molecular complexity index is 264. The Morgan fingerprint density at radius 1 is 1.35 bits per heavy atom. The highest BCUT2D eigenvalue weighted by Crippen LogP contribution is 1.97. The van der Waals surface area contributed by atoms with Gasteiger partial charge in [-0.15, -0.1) is 0 Å². The smallest absolute Gasteiger partial charge is 0.241 e. The Balaban J connectivity index is 2.47. The highest BCUT2D eigenvalue weighted by atomic mass is 16.2. The maximum Gasteiger partial charge on any atom is 0.241 e. The van der Waals surface area contributed by atoms with Crippen molar-refractivity contribution >= 4 is 11.8 Å². The lowest BCUT2D eigenvalue weighted by atomic mass is 10.2. The lowest BCUT2D eigenvalue weighted by molar-refractivity contribution is -0.137. The van der Waals surface area contributed by atoms with Gasteiger partial charge in [-0.25, -0.2) is 0 Å². The van der Waals surface area contributed by atoms with Gasteiger partial charge in [0.2, 0.25) is 11.8 Å². The predicted molar refractivity (Wildman–Crippen MR) is 65.6 cm³/mol. The van der Waals surface area contributed by atoms with E-state index in [1.54, 1.807) is 4.90 Å². The molecule has 6 nitrogen and oxygen atoms in total. The molecule has 0 aromatic carbocycles. The number of likely N-dealkylation sites (N-methyl/N-ethyl adjacent to an activating group) is 2. The zero-order valence-corrected chi connectivity index (χ0v) is 10.6. The summed E-state index contributed by atoms with van der Waals surface area (Å²) < 4.78 is 0. The van der Waals surface area contributed by atoms with Crippen LogP contribution in [0.15, 0.2) is 0 Å². The zero-order valence-electron chi connectivity index (χ0n) is 10.6. The van der Waals surface area contributed by atoms with Crippen LogP contribution in [0.4, 0.5) is 0 Å². The first-order valence-electron chi connectivity index (χ1n) is 6.18. The Morgan fingerprint density at radius 2 is 2.12 bits per heavy atom. The molecule has 0 spiro atoms. The van der Waals surface area contributed by atoms with Crippen LogP contribution in [0.2, 0.25) is 0 Å². The first kappa shape index (κ1) is 13.9. The van der Waals surface area contributed by atoms with Crippen molar-refractivity contribution in [3.63, 3.8) is 0 Å². The fourth-order valence-corrected chi connectivity index (χ4v) is 1.82. The number of carbonyl (C=O) groups is 2. The van der Waals surface area contributed by atoms with Crippen molar-refractivity contribution in [3.8, 4) is 0 Å². The summed E-state index contributed by atoms with van der Waals surface area (Å²) >= 11 is 0. The average molecular weight is 242 g/mol. The summed E-state index contributed by atoms with van der Waals surface area (Å²) in [6, 6.07) is -0.210. The fourth-order valence-electron chi connectivity index (χ4n) is 1.82. The topological polar surface area (TPSA) is 73.5 Å². The number of hydrogen-bond acceptors (Lipinski definition) is 4. The first-order valence-corrected chi connectivity index (χ1v) is 6.18. The molecule has 0 saturated carbocycles. The number of nitrogens with zero attached hydrogens (tertiary/aromatic N) is 1. The zero-order chi connectivity index (χ0) is 12.7. The number of nitrogens with one attached hydrogen (secondary N) is 3. The molecule has 0 aromatic heterocycles. The van der Waals surface area contributed by atoms with E-state index in [0.29, 0.717) is 19.6 Å². The number of amides is 2. The maximum absolute atomic E-state index is 12.1. The van der Waals surface area contributed by atoms with E-state index in [1.165, 1.54) is 0 Å². The van der Waals surface area contributed by atoms with Crippen molar-refractivity contribution in [1.29, 1.82) is 0 Å². The van der Waals surface area contributed by atoms with Gasteiger partial charge in [-0.1, -0.05) is 0 Å². The lowest BCUT2D eigenvalue weighted by Gasteiger charge is -2.29. The molecule has 1 fully saturated rings. The second-order valence-corrected chi connectivity index (χ2v) is 4.02. The minimum Gasteiger partial charge on any atom is -0.355 e. The number of carbonyl (C=O) groups excluding carboxylic acids is 2. The fraction of sp³-hybridized carbons (Fsp3) is 0.818.